The molecule has 88 valence electrons. The van der Waals surface area contributed by atoms with Crippen LogP contribution in [-0.2, 0) is 0 Å². The monoisotopic (exact) mass is 221 g/mol. The molecule has 1 aromatic rings. The van der Waals surface area contributed by atoms with Crippen molar-refractivity contribution in [3.05, 3.63) is 24.0 Å². The maximum absolute atomic E-state index is 12.3. The summed E-state index contributed by atoms with van der Waals surface area (Å²) in [5.41, 5.74) is 0.274. The molecule has 0 atom stereocenters. The molecule has 1 aromatic heterocycles. The molecule has 1 fully saturated rings. The van der Waals surface area contributed by atoms with E-state index in [4.69, 9.17) is 0 Å². The number of carbonyl (C=O) groups is 1. The molecule has 2 N–H and O–H groups in total. The van der Waals surface area contributed by atoms with Crippen LogP contribution < -0.4 is 5.32 Å². The average molecular weight is 221 g/mol. The van der Waals surface area contributed by atoms with Crippen LogP contribution in [0.1, 0.15) is 24.3 Å². The molecule has 1 saturated heterocycles. The van der Waals surface area contributed by atoms with Crippen LogP contribution in [-0.4, -0.2) is 47.4 Å². The first-order valence-electron chi connectivity index (χ1n) is 5.76. The lowest BCUT2D eigenvalue weighted by Crippen LogP contribution is -2.57. The SMILES string of the molecule is CC(C)(C(=O)c1ccc[nH]1)N1CCNCC1. The molecule has 4 heteroatoms. The van der Waals surface area contributed by atoms with E-state index in [1.807, 2.05) is 26.0 Å². The molecule has 0 unspecified atom stereocenters. The summed E-state index contributed by atoms with van der Waals surface area (Å²) in [6.45, 7) is 7.78. The number of H-pyrrole nitrogens is 1. The maximum Gasteiger partial charge on any atom is 0.198 e. The first kappa shape index (κ1) is 11.4. The summed E-state index contributed by atoms with van der Waals surface area (Å²) in [7, 11) is 0. The minimum absolute atomic E-state index is 0.166. The number of hydrogen-bond acceptors (Lipinski definition) is 3. The Morgan fingerprint density at radius 3 is 2.62 bits per heavy atom. The first-order chi connectivity index (χ1) is 7.62. The Bertz CT molecular complexity index is 350. The van der Waals surface area contributed by atoms with Crippen LogP contribution in [0.5, 0.6) is 0 Å². The fraction of sp³-hybridized carbons (Fsp3) is 0.583. The summed E-state index contributed by atoms with van der Waals surface area (Å²) in [6, 6.07) is 3.70. The fourth-order valence-corrected chi connectivity index (χ4v) is 2.17. The van der Waals surface area contributed by atoms with Crippen LogP contribution in [0, 0.1) is 0 Å². The standard InChI is InChI=1S/C12H19N3O/c1-12(2,15-8-6-13-7-9-15)11(16)10-4-3-5-14-10/h3-5,13-14H,6-9H2,1-2H3. The summed E-state index contributed by atoms with van der Waals surface area (Å²) >= 11 is 0. The molecule has 1 aliphatic rings. The van der Waals surface area contributed by atoms with Crippen molar-refractivity contribution in [3.63, 3.8) is 0 Å². The number of aromatic amines is 1. The number of nitrogens with one attached hydrogen (secondary N) is 2. The lowest BCUT2D eigenvalue weighted by molar-refractivity contribution is 0.0598. The van der Waals surface area contributed by atoms with Gasteiger partial charge in [0.1, 0.15) is 0 Å². The van der Waals surface area contributed by atoms with Crippen molar-refractivity contribution < 1.29 is 4.79 Å². The Morgan fingerprint density at radius 2 is 2.06 bits per heavy atom. The van der Waals surface area contributed by atoms with E-state index in [0.717, 1.165) is 26.2 Å². The Balaban J connectivity index is 2.14. The number of carbonyl (C=O) groups excluding carboxylic acids is 1. The van der Waals surface area contributed by atoms with Crippen molar-refractivity contribution in [2.45, 2.75) is 19.4 Å². The van der Waals surface area contributed by atoms with E-state index in [1.165, 1.54) is 0 Å². The van der Waals surface area contributed by atoms with Gasteiger partial charge in [0.15, 0.2) is 5.78 Å². The zero-order chi connectivity index (χ0) is 11.6. The summed E-state index contributed by atoms with van der Waals surface area (Å²) in [4.78, 5) is 17.6. The summed E-state index contributed by atoms with van der Waals surface area (Å²) < 4.78 is 0. The maximum atomic E-state index is 12.3. The van der Waals surface area contributed by atoms with Crippen molar-refractivity contribution in [2.24, 2.45) is 0 Å². The molecule has 0 aliphatic carbocycles. The van der Waals surface area contributed by atoms with Crippen molar-refractivity contribution in [3.8, 4) is 0 Å². The number of hydrogen-bond donors (Lipinski definition) is 2. The third-order valence-electron chi connectivity index (χ3n) is 3.31. The van der Waals surface area contributed by atoms with Crippen molar-refractivity contribution in [1.29, 1.82) is 0 Å². The van der Waals surface area contributed by atoms with Gasteiger partial charge in [-0.2, -0.15) is 0 Å². The van der Waals surface area contributed by atoms with Crippen molar-refractivity contribution in [1.82, 2.24) is 15.2 Å². The van der Waals surface area contributed by atoms with E-state index < -0.39 is 5.54 Å². The van der Waals surface area contributed by atoms with Gasteiger partial charge in [-0.05, 0) is 26.0 Å². The number of nitrogens with zero attached hydrogens (tertiary/aromatic N) is 1. The number of Topliss-reactive ketones (excluding diaryl/α,β-unsaturated/α-hetero) is 1. The average Bonchev–Trinajstić information content (AvgIpc) is 2.82. The molecule has 1 aliphatic heterocycles. The molecule has 0 radical (unpaired) electrons. The number of ketones is 1. The minimum atomic E-state index is -0.424. The second-order valence-corrected chi connectivity index (χ2v) is 4.71. The molecule has 16 heavy (non-hydrogen) atoms. The smallest absolute Gasteiger partial charge is 0.198 e. The molecule has 4 nitrogen and oxygen atoms in total. The van der Waals surface area contributed by atoms with Gasteiger partial charge in [-0.25, -0.2) is 0 Å². The quantitative estimate of drug-likeness (QED) is 0.745. The largest absolute Gasteiger partial charge is 0.359 e. The lowest BCUT2D eigenvalue weighted by Gasteiger charge is -2.39. The highest BCUT2D eigenvalue weighted by Gasteiger charge is 2.35. The molecular weight excluding hydrogens is 202 g/mol. The molecular formula is C12H19N3O. The fourth-order valence-electron chi connectivity index (χ4n) is 2.17. The van der Waals surface area contributed by atoms with E-state index in [9.17, 15) is 4.79 Å². The van der Waals surface area contributed by atoms with E-state index in [-0.39, 0.29) is 5.78 Å². The lowest BCUT2D eigenvalue weighted by atomic mass is 9.93. The molecule has 0 bridgehead atoms. The zero-order valence-electron chi connectivity index (χ0n) is 9.92. The molecule has 2 heterocycles. The summed E-state index contributed by atoms with van der Waals surface area (Å²) in [6.07, 6.45) is 1.79. The van der Waals surface area contributed by atoms with Crippen LogP contribution in [0.2, 0.25) is 0 Å². The second-order valence-electron chi connectivity index (χ2n) is 4.71. The van der Waals surface area contributed by atoms with E-state index in [0.29, 0.717) is 5.69 Å². The predicted molar refractivity (Wildman–Crippen MR) is 63.6 cm³/mol. The molecule has 0 aromatic carbocycles. The van der Waals surface area contributed by atoms with Crippen LogP contribution in [0.15, 0.2) is 18.3 Å². The molecule has 0 saturated carbocycles. The summed E-state index contributed by atoms with van der Waals surface area (Å²) in [5.74, 6) is 0.166. The van der Waals surface area contributed by atoms with Crippen LogP contribution in [0.25, 0.3) is 0 Å². The van der Waals surface area contributed by atoms with Crippen LogP contribution in [0.4, 0.5) is 0 Å². The van der Waals surface area contributed by atoms with E-state index in [1.54, 1.807) is 6.20 Å². The second kappa shape index (κ2) is 4.39. The Hall–Kier alpha value is -1.13. The van der Waals surface area contributed by atoms with Crippen LogP contribution in [0.3, 0.4) is 0 Å². The number of aromatic nitrogens is 1. The first-order valence-corrected chi connectivity index (χ1v) is 5.76. The topological polar surface area (TPSA) is 48.1 Å². The zero-order valence-corrected chi connectivity index (χ0v) is 9.92. The van der Waals surface area contributed by atoms with Crippen LogP contribution >= 0.6 is 0 Å². The highest BCUT2D eigenvalue weighted by molar-refractivity contribution is 6.01. The summed E-state index contributed by atoms with van der Waals surface area (Å²) in [5, 5.41) is 3.30. The van der Waals surface area contributed by atoms with Gasteiger partial charge in [-0.1, -0.05) is 0 Å². The van der Waals surface area contributed by atoms with E-state index in [2.05, 4.69) is 15.2 Å². The number of piperazine rings is 1. The Morgan fingerprint density at radius 1 is 1.38 bits per heavy atom. The van der Waals surface area contributed by atoms with Gasteiger partial charge in [-0.3, -0.25) is 9.69 Å². The molecule has 0 amide bonds. The highest BCUT2D eigenvalue weighted by atomic mass is 16.1. The van der Waals surface area contributed by atoms with Gasteiger partial charge in [0.05, 0.1) is 11.2 Å². The van der Waals surface area contributed by atoms with Gasteiger partial charge >= 0.3 is 0 Å². The van der Waals surface area contributed by atoms with Crippen molar-refractivity contribution >= 4 is 5.78 Å². The van der Waals surface area contributed by atoms with Gasteiger partial charge in [0.25, 0.3) is 0 Å². The highest BCUT2D eigenvalue weighted by Crippen LogP contribution is 2.20. The van der Waals surface area contributed by atoms with Gasteiger partial charge in [0, 0.05) is 32.4 Å². The Labute approximate surface area is 96.0 Å². The van der Waals surface area contributed by atoms with Gasteiger partial charge in [-0.15, -0.1) is 0 Å². The third-order valence-corrected chi connectivity index (χ3v) is 3.31. The van der Waals surface area contributed by atoms with Gasteiger partial charge < -0.3 is 10.3 Å². The van der Waals surface area contributed by atoms with E-state index >= 15 is 0 Å². The minimum Gasteiger partial charge on any atom is -0.359 e. The number of rotatable bonds is 3. The predicted octanol–water partition coefficient (Wildman–Crippen LogP) is 0.881. The third kappa shape index (κ3) is 2.03. The molecule has 2 rings (SSSR count). The van der Waals surface area contributed by atoms with Gasteiger partial charge in [0.2, 0.25) is 0 Å². The molecule has 0 spiro atoms. The normalized spacial score (nSPS) is 18.6. The Kier molecular flexibility index (Phi) is 3.12. The van der Waals surface area contributed by atoms with Crippen molar-refractivity contribution in [2.75, 3.05) is 26.2 Å².